The summed E-state index contributed by atoms with van der Waals surface area (Å²) in [5.74, 6) is 1.04. The van der Waals surface area contributed by atoms with Crippen LogP contribution in [0.1, 0.15) is 11.1 Å². The number of benzene rings is 2. The normalized spacial score (nSPS) is 16.8. The Labute approximate surface area is 117 Å². The summed E-state index contributed by atoms with van der Waals surface area (Å²) in [5.41, 5.74) is 2.84. The molecule has 1 aliphatic rings. The molecule has 0 saturated carbocycles. The minimum atomic E-state index is -0.283. The number of hydrogen-bond donors (Lipinski definition) is 2. The first-order valence-electron chi connectivity index (χ1n) is 6.30. The van der Waals surface area contributed by atoms with E-state index in [-0.39, 0.29) is 17.6 Å². The molecule has 1 heterocycles. The van der Waals surface area contributed by atoms with Gasteiger partial charge in [0, 0.05) is 17.2 Å². The molecule has 3 nitrogen and oxygen atoms in total. The summed E-state index contributed by atoms with van der Waals surface area (Å²) < 4.78 is 5.85. The van der Waals surface area contributed by atoms with Crippen LogP contribution in [0.15, 0.2) is 55.1 Å². The zero-order valence-electron chi connectivity index (χ0n) is 10.8. The molecule has 0 aromatic heterocycles. The molecule has 1 unspecified atom stereocenters. The summed E-state index contributed by atoms with van der Waals surface area (Å²) in [6.45, 7) is 3.80. The van der Waals surface area contributed by atoms with E-state index in [1.54, 1.807) is 30.3 Å². The zero-order chi connectivity index (χ0) is 14.1. The van der Waals surface area contributed by atoms with E-state index in [1.165, 1.54) is 0 Å². The third-order valence-corrected chi connectivity index (χ3v) is 3.28. The van der Waals surface area contributed by atoms with Gasteiger partial charge in [-0.25, -0.2) is 0 Å². The van der Waals surface area contributed by atoms with Gasteiger partial charge in [-0.05, 0) is 42.0 Å². The molecule has 0 amide bonds. The molecule has 2 aromatic rings. The molecule has 0 aliphatic carbocycles. The van der Waals surface area contributed by atoms with Crippen molar-refractivity contribution in [1.82, 2.24) is 0 Å². The van der Waals surface area contributed by atoms with Crippen LogP contribution in [0.25, 0.3) is 11.6 Å². The molecule has 100 valence electrons. The highest BCUT2D eigenvalue weighted by Crippen LogP contribution is 2.36. The smallest absolute Gasteiger partial charge is 0.142 e. The highest BCUT2D eigenvalue weighted by atomic mass is 16.5. The van der Waals surface area contributed by atoms with Crippen molar-refractivity contribution < 1.29 is 14.9 Å². The van der Waals surface area contributed by atoms with Crippen LogP contribution in [0.5, 0.6) is 17.2 Å². The molecule has 0 spiro atoms. The Balaban J connectivity index is 2.10. The van der Waals surface area contributed by atoms with Crippen LogP contribution in [0.4, 0.5) is 0 Å². The van der Waals surface area contributed by atoms with Crippen LogP contribution < -0.4 is 4.74 Å². The molecular formula is C17H14O3. The summed E-state index contributed by atoms with van der Waals surface area (Å²) in [4.78, 5) is 0. The summed E-state index contributed by atoms with van der Waals surface area (Å²) >= 11 is 0. The molecule has 2 N–H and O–H groups in total. The van der Waals surface area contributed by atoms with Gasteiger partial charge in [0.1, 0.15) is 23.4 Å². The van der Waals surface area contributed by atoms with E-state index in [1.807, 2.05) is 24.3 Å². The lowest BCUT2D eigenvalue weighted by molar-refractivity contribution is 0.299. The largest absolute Gasteiger partial charge is 0.508 e. The van der Waals surface area contributed by atoms with Gasteiger partial charge < -0.3 is 14.9 Å². The number of hydrogen-bond acceptors (Lipinski definition) is 3. The standard InChI is InChI=1S/C17H14O3/c1-2-16-15(11-3-6-13(18)7-4-11)9-12-5-8-14(19)10-17(12)20-16/h2-10,16,18-19H,1H2. The number of aromatic hydroxyl groups is 2. The Morgan fingerprint density at radius 2 is 1.70 bits per heavy atom. The first-order chi connectivity index (χ1) is 9.67. The second kappa shape index (κ2) is 4.78. The number of fused-ring (bicyclic) bond motifs is 1. The van der Waals surface area contributed by atoms with Crippen molar-refractivity contribution in [2.24, 2.45) is 0 Å². The van der Waals surface area contributed by atoms with Crippen molar-refractivity contribution >= 4 is 11.6 Å². The fraction of sp³-hybridized carbons (Fsp3) is 0.0588. The molecular weight excluding hydrogens is 252 g/mol. The Kier molecular flexibility index (Phi) is 2.95. The summed E-state index contributed by atoms with van der Waals surface area (Å²) in [6.07, 6.45) is 3.44. The van der Waals surface area contributed by atoms with E-state index < -0.39 is 0 Å². The maximum absolute atomic E-state index is 9.51. The highest BCUT2D eigenvalue weighted by Gasteiger charge is 2.21. The molecule has 0 radical (unpaired) electrons. The minimum Gasteiger partial charge on any atom is -0.508 e. The lowest BCUT2D eigenvalue weighted by Crippen LogP contribution is -2.19. The third-order valence-electron chi connectivity index (χ3n) is 3.28. The van der Waals surface area contributed by atoms with E-state index in [4.69, 9.17) is 4.74 Å². The van der Waals surface area contributed by atoms with Crippen LogP contribution in [-0.4, -0.2) is 16.3 Å². The summed E-state index contributed by atoms with van der Waals surface area (Å²) in [7, 11) is 0. The number of phenolic OH excluding ortho intramolecular Hbond substituents is 2. The lowest BCUT2D eigenvalue weighted by atomic mass is 9.95. The molecule has 3 rings (SSSR count). The second-order valence-corrected chi connectivity index (χ2v) is 4.64. The lowest BCUT2D eigenvalue weighted by Gasteiger charge is -2.25. The number of ether oxygens (including phenoxy) is 1. The predicted molar refractivity (Wildman–Crippen MR) is 78.7 cm³/mol. The van der Waals surface area contributed by atoms with Crippen molar-refractivity contribution in [2.45, 2.75) is 6.10 Å². The van der Waals surface area contributed by atoms with Gasteiger partial charge in [0.2, 0.25) is 0 Å². The van der Waals surface area contributed by atoms with Crippen LogP contribution in [-0.2, 0) is 0 Å². The van der Waals surface area contributed by atoms with E-state index >= 15 is 0 Å². The topological polar surface area (TPSA) is 49.7 Å². The summed E-state index contributed by atoms with van der Waals surface area (Å²) in [6, 6.07) is 12.0. The van der Waals surface area contributed by atoms with Gasteiger partial charge in [-0.2, -0.15) is 0 Å². The van der Waals surface area contributed by atoms with Gasteiger partial charge in [-0.1, -0.05) is 18.7 Å². The first kappa shape index (κ1) is 12.4. The highest BCUT2D eigenvalue weighted by molar-refractivity contribution is 5.88. The van der Waals surface area contributed by atoms with Gasteiger partial charge in [0.05, 0.1) is 0 Å². The van der Waals surface area contributed by atoms with Crippen molar-refractivity contribution in [3.05, 3.63) is 66.2 Å². The van der Waals surface area contributed by atoms with E-state index in [9.17, 15) is 10.2 Å². The molecule has 1 atom stereocenters. The average Bonchev–Trinajstić information content (AvgIpc) is 2.46. The quantitative estimate of drug-likeness (QED) is 0.817. The monoisotopic (exact) mass is 266 g/mol. The van der Waals surface area contributed by atoms with Gasteiger partial charge in [0.25, 0.3) is 0 Å². The fourth-order valence-electron chi connectivity index (χ4n) is 2.27. The number of rotatable bonds is 2. The maximum Gasteiger partial charge on any atom is 0.142 e. The van der Waals surface area contributed by atoms with E-state index in [0.29, 0.717) is 5.75 Å². The van der Waals surface area contributed by atoms with Crippen LogP contribution in [0, 0.1) is 0 Å². The molecule has 0 bridgehead atoms. The molecule has 1 aliphatic heterocycles. The van der Waals surface area contributed by atoms with Gasteiger partial charge in [-0.3, -0.25) is 0 Å². The SMILES string of the molecule is C=CC1Oc2cc(O)ccc2C=C1c1ccc(O)cc1. The molecule has 0 fully saturated rings. The van der Waals surface area contributed by atoms with Crippen LogP contribution in [0.2, 0.25) is 0 Å². The maximum atomic E-state index is 9.51. The Morgan fingerprint density at radius 1 is 1.00 bits per heavy atom. The Morgan fingerprint density at radius 3 is 2.40 bits per heavy atom. The predicted octanol–water partition coefficient (Wildman–Crippen LogP) is 3.59. The van der Waals surface area contributed by atoms with E-state index in [0.717, 1.165) is 16.7 Å². The molecule has 20 heavy (non-hydrogen) atoms. The van der Waals surface area contributed by atoms with E-state index in [2.05, 4.69) is 6.58 Å². The Bertz CT molecular complexity index is 684. The molecule has 2 aromatic carbocycles. The molecule has 3 heteroatoms. The van der Waals surface area contributed by atoms with Gasteiger partial charge >= 0.3 is 0 Å². The first-order valence-corrected chi connectivity index (χ1v) is 6.30. The Hall–Kier alpha value is -2.68. The van der Waals surface area contributed by atoms with Crippen molar-refractivity contribution in [1.29, 1.82) is 0 Å². The second-order valence-electron chi connectivity index (χ2n) is 4.64. The van der Waals surface area contributed by atoms with Crippen molar-refractivity contribution in [3.8, 4) is 17.2 Å². The third kappa shape index (κ3) is 2.14. The molecule has 0 saturated heterocycles. The fourth-order valence-corrected chi connectivity index (χ4v) is 2.27. The van der Waals surface area contributed by atoms with Crippen molar-refractivity contribution in [3.63, 3.8) is 0 Å². The minimum absolute atomic E-state index is 0.174. The van der Waals surface area contributed by atoms with Gasteiger partial charge in [0.15, 0.2) is 0 Å². The zero-order valence-corrected chi connectivity index (χ0v) is 10.8. The summed E-state index contributed by atoms with van der Waals surface area (Å²) in [5, 5.41) is 18.9. The van der Waals surface area contributed by atoms with Crippen molar-refractivity contribution in [2.75, 3.05) is 0 Å². The van der Waals surface area contributed by atoms with Gasteiger partial charge in [-0.15, -0.1) is 0 Å². The van der Waals surface area contributed by atoms with Crippen LogP contribution >= 0.6 is 0 Å². The number of phenols is 2. The average molecular weight is 266 g/mol. The van der Waals surface area contributed by atoms with Crippen LogP contribution in [0.3, 0.4) is 0 Å².